The van der Waals surface area contributed by atoms with Crippen LogP contribution in [0.1, 0.15) is 0 Å². The predicted molar refractivity (Wildman–Crippen MR) is 73.0 cm³/mol. The van der Waals surface area contributed by atoms with Gasteiger partial charge in [-0.1, -0.05) is 6.58 Å². The Labute approximate surface area is 197 Å². The van der Waals surface area contributed by atoms with E-state index in [1.807, 2.05) is 0 Å². The van der Waals surface area contributed by atoms with Gasteiger partial charge < -0.3 is 9.47 Å². The normalized spacial score (nSPS) is 15.6. The third-order valence-electron chi connectivity index (χ3n) is 3.93. The van der Waals surface area contributed by atoms with Gasteiger partial charge in [0.25, 0.3) is 0 Å². The average molecular weight is 634 g/mol. The van der Waals surface area contributed by atoms with E-state index in [0.717, 1.165) is 0 Å². The fraction of sp³-hybridized carbons (Fsp3) is 0.714. The van der Waals surface area contributed by atoms with Crippen LogP contribution in [-0.2, 0) is 19.1 Å². The molecule has 0 radical (unpaired) electrons. The summed E-state index contributed by atoms with van der Waals surface area (Å²) in [6, 6.07) is 0. The SMILES string of the molecule is C=CC(=O)OC(F)(F)C(F)(F)OC(=O)C(F)(F)C(F)(F)C(F)(F)C(F)(F)C(F)(F)C(F)(F)C(F)(F)C(F)(F)F. The third-order valence-corrected chi connectivity index (χ3v) is 3.93. The van der Waals surface area contributed by atoms with Gasteiger partial charge in [0.1, 0.15) is 0 Å². The second-order valence-electron chi connectivity index (χ2n) is 6.57. The lowest BCUT2D eigenvalue weighted by molar-refractivity contribution is -0.461. The summed E-state index contributed by atoms with van der Waals surface area (Å²) in [7, 11) is 0. The van der Waals surface area contributed by atoms with Crippen LogP contribution >= 0.6 is 0 Å². The summed E-state index contributed by atoms with van der Waals surface area (Å²) in [5.74, 6) is -69.6. The van der Waals surface area contributed by atoms with Crippen molar-refractivity contribution in [3.63, 3.8) is 0 Å². The molecule has 0 bridgehead atoms. The fourth-order valence-electron chi connectivity index (χ4n) is 1.76. The Morgan fingerprint density at radius 2 is 0.744 bits per heavy atom. The Morgan fingerprint density at radius 3 is 1.05 bits per heavy atom. The van der Waals surface area contributed by atoms with Crippen LogP contribution in [0, 0.1) is 0 Å². The van der Waals surface area contributed by atoms with Gasteiger partial charge >= 0.3 is 71.8 Å². The maximum atomic E-state index is 13.5. The average Bonchev–Trinajstić information content (AvgIpc) is 2.70. The standard InChI is InChI=1S/C14H3F21O4/c1-2-3(36)38-13(32,33)14(34,35)39-4(37)5(15,16)6(17,18)7(19,20)8(21,22)9(23,24)10(25,26)11(27,28)12(29,30)31/h2H,1H2. The van der Waals surface area contributed by atoms with Gasteiger partial charge in [-0.25, -0.2) is 9.59 Å². The largest absolute Gasteiger partial charge is 0.510 e. The number of hydrogen-bond donors (Lipinski definition) is 0. The first-order chi connectivity index (χ1) is 16.6. The number of ether oxygens (including phenoxy) is 2. The molecule has 0 aromatic carbocycles. The van der Waals surface area contributed by atoms with Crippen LogP contribution in [0.4, 0.5) is 92.2 Å². The predicted octanol–water partition coefficient (Wildman–Crippen LogP) is 6.45. The van der Waals surface area contributed by atoms with Crippen LogP contribution in [0.3, 0.4) is 0 Å². The maximum Gasteiger partial charge on any atom is 0.510 e. The minimum atomic E-state index is -9.17. The minimum Gasteiger partial charge on any atom is -0.390 e. The summed E-state index contributed by atoms with van der Waals surface area (Å²) >= 11 is 0. The first-order valence-electron chi connectivity index (χ1n) is 8.14. The second-order valence-corrected chi connectivity index (χ2v) is 6.57. The molecule has 230 valence electrons. The van der Waals surface area contributed by atoms with E-state index >= 15 is 0 Å². The number of esters is 2. The fourth-order valence-corrected chi connectivity index (χ4v) is 1.76. The van der Waals surface area contributed by atoms with E-state index in [9.17, 15) is 102 Å². The molecule has 0 spiro atoms. The van der Waals surface area contributed by atoms with Gasteiger partial charge in [-0.15, -0.1) is 0 Å². The molecule has 39 heavy (non-hydrogen) atoms. The molecule has 0 aliphatic rings. The van der Waals surface area contributed by atoms with Crippen molar-refractivity contribution in [1.29, 1.82) is 0 Å². The molecule has 0 aliphatic heterocycles. The smallest absolute Gasteiger partial charge is 0.390 e. The van der Waals surface area contributed by atoms with Crippen molar-refractivity contribution in [2.75, 3.05) is 0 Å². The Balaban J connectivity index is 6.75. The summed E-state index contributed by atoms with van der Waals surface area (Å²) in [6.07, 6.45) is -22.3. The van der Waals surface area contributed by atoms with Crippen molar-refractivity contribution in [3.8, 4) is 0 Å². The summed E-state index contributed by atoms with van der Waals surface area (Å²) in [4.78, 5) is 21.3. The van der Waals surface area contributed by atoms with Gasteiger partial charge in [0.15, 0.2) is 0 Å². The number of hydrogen-bond acceptors (Lipinski definition) is 4. The zero-order valence-electron chi connectivity index (χ0n) is 16.9. The Bertz CT molecular complexity index is 962. The number of alkyl halides is 21. The third kappa shape index (κ3) is 5.11. The van der Waals surface area contributed by atoms with Gasteiger partial charge in [0, 0.05) is 6.08 Å². The molecule has 0 fully saturated rings. The van der Waals surface area contributed by atoms with Crippen molar-refractivity contribution in [3.05, 3.63) is 12.7 Å². The lowest BCUT2D eigenvalue weighted by Crippen LogP contribution is -2.75. The van der Waals surface area contributed by atoms with Crippen LogP contribution in [0.25, 0.3) is 0 Å². The molecule has 0 saturated carbocycles. The van der Waals surface area contributed by atoms with E-state index < -0.39 is 77.9 Å². The van der Waals surface area contributed by atoms with E-state index in [4.69, 9.17) is 0 Å². The highest BCUT2D eigenvalue weighted by molar-refractivity contribution is 5.82. The number of halogens is 21. The molecular formula is C14H3F21O4. The van der Waals surface area contributed by atoms with Gasteiger partial charge in [-0.3, -0.25) is 0 Å². The molecule has 0 aromatic heterocycles. The summed E-state index contributed by atoms with van der Waals surface area (Å²) < 4.78 is 278. The number of carbonyl (C=O) groups excluding carboxylic acids is 2. The summed E-state index contributed by atoms with van der Waals surface area (Å²) in [5.41, 5.74) is 0. The molecule has 0 aliphatic carbocycles. The lowest BCUT2D eigenvalue weighted by Gasteiger charge is -2.42. The van der Waals surface area contributed by atoms with E-state index in [0.29, 0.717) is 0 Å². The maximum absolute atomic E-state index is 13.5. The molecule has 0 atom stereocenters. The van der Waals surface area contributed by atoms with Crippen molar-refractivity contribution in [1.82, 2.24) is 0 Å². The molecule has 0 amide bonds. The van der Waals surface area contributed by atoms with Crippen molar-refractivity contribution < 1.29 is 111 Å². The van der Waals surface area contributed by atoms with Crippen molar-refractivity contribution in [2.24, 2.45) is 0 Å². The molecule has 0 heterocycles. The van der Waals surface area contributed by atoms with Crippen LogP contribution in [0.2, 0.25) is 0 Å². The molecule has 25 heteroatoms. The van der Waals surface area contributed by atoms with Crippen LogP contribution < -0.4 is 0 Å². The van der Waals surface area contributed by atoms with E-state index in [2.05, 4.69) is 11.3 Å². The lowest BCUT2D eigenvalue weighted by atomic mass is 9.89. The first kappa shape index (κ1) is 36.2. The molecule has 0 aromatic rings. The molecular weight excluding hydrogens is 631 g/mol. The van der Waals surface area contributed by atoms with Crippen LogP contribution in [0.5, 0.6) is 0 Å². The molecule has 4 nitrogen and oxygen atoms in total. The van der Waals surface area contributed by atoms with Crippen LogP contribution in [0.15, 0.2) is 12.7 Å². The van der Waals surface area contributed by atoms with Gasteiger partial charge in [-0.05, 0) is 0 Å². The highest BCUT2D eigenvalue weighted by atomic mass is 19.4. The molecule has 0 saturated heterocycles. The minimum absolute atomic E-state index is 0.393. The van der Waals surface area contributed by atoms with Crippen molar-refractivity contribution >= 4 is 11.9 Å². The first-order valence-corrected chi connectivity index (χ1v) is 8.14. The highest BCUT2D eigenvalue weighted by Crippen LogP contribution is 2.64. The quantitative estimate of drug-likeness (QED) is 0.149. The summed E-state index contributed by atoms with van der Waals surface area (Å²) in [6.45, 7) is 2.32. The Kier molecular flexibility index (Phi) is 8.73. The number of carbonyl (C=O) groups is 2. The zero-order chi connectivity index (χ0) is 32.3. The molecule has 0 N–H and O–H groups in total. The molecule has 0 unspecified atom stereocenters. The van der Waals surface area contributed by atoms with Gasteiger partial charge in [0.2, 0.25) is 0 Å². The highest BCUT2D eigenvalue weighted by Gasteiger charge is 2.96. The molecule has 0 rings (SSSR count). The van der Waals surface area contributed by atoms with Gasteiger partial charge in [-0.2, -0.15) is 92.2 Å². The van der Waals surface area contributed by atoms with Crippen molar-refractivity contribution in [2.45, 2.75) is 59.9 Å². The monoisotopic (exact) mass is 634 g/mol. The Hall–Kier alpha value is -2.79. The van der Waals surface area contributed by atoms with Crippen LogP contribution in [-0.4, -0.2) is 71.8 Å². The number of rotatable bonds is 11. The van der Waals surface area contributed by atoms with E-state index in [1.165, 1.54) is 0 Å². The van der Waals surface area contributed by atoms with E-state index in [1.54, 1.807) is 4.74 Å². The van der Waals surface area contributed by atoms with E-state index in [-0.39, 0.29) is 0 Å². The summed E-state index contributed by atoms with van der Waals surface area (Å²) in [5, 5.41) is 0. The Morgan fingerprint density at radius 1 is 0.462 bits per heavy atom. The second kappa shape index (κ2) is 9.40. The zero-order valence-corrected chi connectivity index (χ0v) is 16.9. The van der Waals surface area contributed by atoms with Gasteiger partial charge in [0.05, 0.1) is 0 Å². The topological polar surface area (TPSA) is 52.6 Å².